The minimum absolute atomic E-state index is 0.0483. The van der Waals surface area contributed by atoms with Gasteiger partial charge in [0, 0.05) is 28.5 Å². The second kappa shape index (κ2) is 7.84. The Hall–Kier alpha value is -3.79. The van der Waals surface area contributed by atoms with Crippen LogP contribution in [0.25, 0.3) is 0 Å². The Labute approximate surface area is 163 Å². The molecule has 0 spiro atoms. The van der Waals surface area contributed by atoms with Crippen LogP contribution < -0.4 is 10.6 Å². The number of nitrogens with one attached hydrogen (secondary N) is 2. The average molecular weight is 401 g/mol. The molecule has 0 aliphatic carbocycles. The first kappa shape index (κ1) is 19.0. The topological polar surface area (TPSA) is 136 Å². The van der Waals surface area contributed by atoms with Gasteiger partial charge in [-0.3, -0.25) is 20.2 Å². The molecule has 0 aliphatic heterocycles. The zero-order valence-electron chi connectivity index (χ0n) is 14.4. The zero-order chi connectivity index (χ0) is 20.3. The highest BCUT2D eigenvalue weighted by Gasteiger charge is 2.24. The van der Waals surface area contributed by atoms with Crippen LogP contribution in [0.1, 0.15) is 5.56 Å². The van der Waals surface area contributed by atoms with Gasteiger partial charge in [-0.15, -0.1) is 0 Å². The molecule has 2 N–H and O–H groups in total. The van der Waals surface area contributed by atoms with Crippen LogP contribution in [0.15, 0.2) is 48.8 Å². The van der Waals surface area contributed by atoms with E-state index in [-0.39, 0.29) is 23.0 Å². The summed E-state index contributed by atoms with van der Waals surface area (Å²) in [7, 11) is 0. The van der Waals surface area contributed by atoms with Crippen LogP contribution in [0.3, 0.4) is 0 Å². The molecule has 0 saturated carbocycles. The molecule has 0 radical (unpaired) electrons. The summed E-state index contributed by atoms with van der Waals surface area (Å²) in [5, 5.41) is 28.6. The standard InChI is InChI=1S/C17H13ClN6O4/c1-10-5-6-12(8-14(10)18)22-17-15(24(27)28)16(19-9-20-17)21-11-3-2-4-13(7-11)23(25)26/h2-9H,1H3,(H2,19,20,21,22). The van der Waals surface area contributed by atoms with E-state index in [1.165, 1.54) is 24.3 Å². The molecule has 0 bridgehead atoms. The summed E-state index contributed by atoms with van der Waals surface area (Å²) in [5.74, 6) is -0.158. The maximum absolute atomic E-state index is 11.6. The molecule has 0 amide bonds. The molecule has 0 aliphatic rings. The average Bonchev–Trinajstić information content (AvgIpc) is 2.65. The van der Waals surface area contributed by atoms with E-state index in [4.69, 9.17) is 11.6 Å². The number of rotatable bonds is 6. The van der Waals surface area contributed by atoms with Crippen molar-refractivity contribution in [3.63, 3.8) is 0 Å². The van der Waals surface area contributed by atoms with Crippen LogP contribution in [-0.4, -0.2) is 19.8 Å². The monoisotopic (exact) mass is 400 g/mol. The summed E-state index contributed by atoms with van der Waals surface area (Å²) in [6.45, 7) is 1.83. The number of non-ortho nitro benzene ring substituents is 1. The number of hydrogen-bond donors (Lipinski definition) is 2. The fourth-order valence-corrected chi connectivity index (χ4v) is 2.56. The number of nitrogens with zero attached hydrogens (tertiary/aromatic N) is 4. The largest absolute Gasteiger partial charge is 0.353 e. The number of hydrogen-bond acceptors (Lipinski definition) is 8. The number of aromatic nitrogens is 2. The molecule has 0 unspecified atom stereocenters. The van der Waals surface area contributed by atoms with Crippen molar-refractivity contribution in [2.75, 3.05) is 10.6 Å². The van der Waals surface area contributed by atoms with Crippen LogP contribution in [0.4, 0.5) is 34.4 Å². The van der Waals surface area contributed by atoms with E-state index in [1.54, 1.807) is 18.2 Å². The molecule has 11 heteroatoms. The summed E-state index contributed by atoms with van der Waals surface area (Å²) in [5.41, 5.74) is 1.08. The van der Waals surface area contributed by atoms with Crippen molar-refractivity contribution >= 4 is 46.0 Å². The molecular formula is C17H13ClN6O4. The van der Waals surface area contributed by atoms with E-state index in [0.717, 1.165) is 11.9 Å². The van der Waals surface area contributed by atoms with Crippen molar-refractivity contribution in [3.8, 4) is 0 Å². The lowest BCUT2D eigenvalue weighted by Gasteiger charge is -2.10. The smallest absolute Gasteiger partial charge is 0.334 e. The summed E-state index contributed by atoms with van der Waals surface area (Å²) >= 11 is 6.09. The van der Waals surface area contributed by atoms with Crippen molar-refractivity contribution in [1.29, 1.82) is 0 Å². The molecule has 1 heterocycles. The van der Waals surface area contributed by atoms with Crippen molar-refractivity contribution < 1.29 is 9.85 Å². The first-order valence-electron chi connectivity index (χ1n) is 7.89. The molecule has 0 atom stereocenters. The van der Waals surface area contributed by atoms with Crippen LogP contribution in [0.5, 0.6) is 0 Å². The van der Waals surface area contributed by atoms with E-state index in [2.05, 4.69) is 20.6 Å². The van der Waals surface area contributed by atoms with E-state index < -0.39 is 15.5 Å². The minimum Gasteiger partial charge on any atom is -0.334 e. The van der Waals surface area contributed by atoms with E-state index in [0.29, 0.717) is 10.7 Å². The first-order chi connectivity index (χ1) is 13.3. The Morgan fingerprint density at radius 2 is 1.57 bits per heavy atom. The first-order valence-corrected chi connectivity index (χ1v) is 8.27. The molecule has 10 nitrogen and oxygen atoms in total. The van der Waals surface area contributed by atoms with Gasteiger partial charge in [-0.25, -0.2) is 9.97 Å². The third-order valence-electron chi connectivity index (χ3n) is 3.76. The molecule has 3 aromatic rings. The molecule has 3 rings (SSSR count). The SMILES string of the molecule is Cc1ccc(Nc2ncnc(Nc3cccc([N+](=O)[O-])c3)c2[N+](=O)[O-])cc1Cl. The molecule has 0 saturated heterocycles. The third-order valence-corrected chi connectivity index (χ3v) is 4.17. The maximum atomic E-state index is 11.6. The molecule has 1 aromatic heterocycles. The number of nitro benzene ring substituents is 1. The van der Waals surface area contributed by atoms with Gasteiger partial charge in [-0.1, -0.05) is 23.7 Å². The highest BCUT2D eigenvalue weighted by molar-refractivity contribution is 6.31. The Balaban J connectivity index is 1.97. The van der Waals surface area contributed by atoms with Crippen LogP contribution in [0, 0.1) is 27.2 Å². The Morgan fingerprint density at radius 1 is 0.929 bits per heavy atom. The van der Waals surface area contributed by atoms with Crippen LogP contribution in [-0.2, 0) is 0 Å². The third kappa shape index (κ3) is 4.13. The summed E-state index contributed by atoms with van der Waals surface area (Å²) in [6.07, 6.45) is 1.14. The quantitative estimate of drug-likeness (QED) is 0.447. The van der Waals surface area contributed by atoms with Crippen molar-refractivity contribution in [3.05, 3.63) is 79.6 Å². The summed E-state index contributed by atoms with van der Waals surface area (Å²) in [4.78, 5) is 29.2. The molecule has 142 valence electrons. The van der Waals surface area contributed by atoms with Crippen LogP contribution >= 0.6 is 11.6 Å². The van der Waals surface area contributed by atoms with Gasteiger partial charge in [0.05, 0.1) is 9.85 Å². The molecular weight excluding hydrogens is 388 g/mol. The summed E-state index contributed by atoms with van der Waals surface area (Å²) < 4.78 is 0. The second-order valence-corrected chi connectivity index (χ2v) is 6.11. The van der Waals surface area contributed by atoms with Gasteiger partial charge >= 0.3 is 5.69 Å². The fourth-order valence-electron chi connectivity index (χ4n) is 2.38. The molecule has 0 fully saturated rings. The molecule has 2 aromatic carbocycles. The minimum atomic E-state index is -0.641. The van der Waals surface area contributed by atoms with E-state index in [1.807, 2.05) is 6.92 Å². The lowest BCUT2D eigenvalue weighted by Crippen LogP contribution is -2.05. The van der Waals surface area contributed by atoms with Gasteiger partial charge in [0.25, 0.3) is 5.69 Å². The number of nitro groups is 2. The number of anilines is 4. The Morgan fingerprint density at radius 3 is 2.14 bits per heavy atom. The van der Waals surface area contributed by atoms with Gasteiger partial charge in [0.1, 0.15) is 6.33 Å². The van der Waals surface area contributed by atoms with E-state index in [9.17, 15) is 20.2 Å². The lowest BCUT2D eigenvalue weighted by atomic mass is 10.2. The van der Waals surface area contributed by atoms with Crippen molar-refractivity contribution in [2.24, 2.45) is 0 Å². The highest BCUT2D eigenvalue weighted by Crippen LogP contribution is 2.34. The van der Waals surface area contributed by atoms with Gasteiger partial charge in [-0.2, -0.15) is 0 Å². The number of aryl methyl sites for hydroxylation is 1. The van der Waals surface area contributed by atoms with Gasteiger partial charge in [0.2, 0.25) is 11.6 Å². The molecule has 28 heavy (non-hydrogen) atoms. The Bertz CT molecular complexity index is 1080. The van der Waals surface area contributed by atoms with Gasteiger partial charge in [-0.05, 0) is 30.7 Å². The Kier molecular flexibility index (Phi) is 5.32. The van der Waals surface area contributed by atoms with Crippen molar-refractivity contribution in [2.45, 2.75) is 6.92 Å². The fraction of sp³-hybridized carbons (Fsp3) is 0.0588. The normalized spacial score (nSPS) is 10.4. The maximum Gasteiger partial charge on any atom is 0.353 e. The predicted molar refractivity (Wildman–Crippen MR) is 105 cm³/mol. The van der Waals surface area contributed by atoms with E-state index >= 15 is 0 Å². The van der Waals surface area contributed by atoms with Gasteiger partial charge < -0.3 is 10.6 Å². The second-order valence-electron chi connectivity index (χ2n) is 5.70. The lowest BCUT2D eigenvalue weighted by molar-refractivity contribution is -0.384. The zero-order valence-corrected chi connectivity index (χ0v) is 15.2. The highest BCUT2D eigenvalue weighted by atomic mass is 35.5. The van der Waals surface area contributed by atoms with Crippen molar-refractivity contribution in [1.82, 2.24) is 9.97 Å². The predicted octanol–water partition coefficient (Wildman–Crippen LogP) is 4.74. The van der Waals surface area contributed by atoms with Gasteiger partial charge in [0.15, 0.2) is 0 Å². The number of benzene rings is 2. The number of halogens is 1. The summed E-state index contributed by atoms with van der Waals surface area (Å²) in [6, 6.07) is 10.6. The van der Waals surface area contributed by atoms with Crippen LogP contribution in [0.2, 0.25) is 5.02 Å².